The van der Waals surface area contributed by atoms with Gasteiger partial charge in [0.25, 0.3) is 0 Å². The van der Waals surface area contributed by atoms with Gasteiger partial charge in [-0.05, 0) is 50.4 Å². The van der Waals surface area contributed by atoms with Crippen LogP contribution in [-0.2, 0) is 9.59 Å². The van der Waals surface area contributed by atoms with Crippen molar-refractivity contribution in [3.05, 3.63) is 28.3 Å². The molecule has 2 rings (SSSR count). The van der Waals surface area contributed by atoms with E-state index in [0.29, 0.717) is 23.7 Å². The Labute approximate surface area is 128 Å². The zero-order valence-electron chi connectivity index (χ0n) is 12.1. The molecule has 1 heterocycles. The van der Waals surface area contributed by atoms with E-state index in [4.69, 9.17) is 16.7 Å². The van der Waals surface area contributed by atoms with Crippen molar-refractivity contribution in [3.8, 4) is 0 Å². The van der Waals surface area contributed by atoms with E-state index in [1.54, 1.807) is 11.0 Å². The van der Waals surface area contributed by atoms with Gasteiger partial charge in [-0.2, -0.15) is 0 Å². The van der Waals surface area contributed by atoms with Gasteiger partial charge in [-0.3, -0.25) is 14.5 Å². The highest BCUT2D eigenvalue weighted by molar-refractivity contribution is 6.34. The molecule has 21 heavy (non-hydrogen) atoms. The molecule has 1 fully saturated rings. The third-order valence-electron chi connectivity index (χ3n) is 3.69. The van der Waals surface area contributed by atoms with Crippen LogP contribution in [0.15, 0.2) is 12.1 Å². The first-order chi connectivity index (χ1) is 9.88. The van der Waals surface area contributed by atoms with E-state index in [9.17, 15) is 9.59 Å². The number of carboxylic acid groups (broad SMARTS) is 1. The smallest absolute Gasteiger partial charge is 0.320 e. The van der Waals surface area contributed by atoms with Gasteiger partial charge in [0.05, 0.1) is 17.3 Å². The maximum absolute atomic E-state index is 12.1. The standard InChI is InChI=1S/C15H19ClN2O3/c1-9-6-10(2)14(11(16)7-9)17-13(19)8-18-5-3-4-12(18)15(20)21/h6-7,12H,3-5,8H2,1-2H3,(H,17,19)(H,20,21)/t12-/m0/s1. The number of hydrogen-bond donors (Lipinski definition) is 2. The third kappa shape index (κ3) is 3.74. The normalized spacial score (nSPS) is 18.7. The van der Waals surface area contributed by atoms with Gasteiger partial charge in [0.1, 0.15) is 6.04 Å². The lowest BCUT2D eigenvalue weighted by molar-refractivity contribution is -0.142. The first-order valence-electron chi connectivity index (χ1n) is 6.92. The Morgan fingerprint density at radius 1 is 1.43 bits per heavy atom. The van der Waals surface area contributed by atoms with Crippen molar-refractivity contribution in [1.29, 1.82) is 0 Å². The lowest BCUT2D eigenvalue weighted by Gasteiger charge is -2.21. The minimum Gasteiger partial charge on any atom is -0.480 e. The number of nitrogens with one attached hydrogen (secondary N) is 1. The van der Waals surface area contributed by atoms with Crippen LogP contribution in [0, 0.1) is 13.8 Å². The Morgan fingerprint density at radius 3 is 2.76 bits per heavy atom. The van der Waals surface area contributed by atoms with Gasteiger partial charge in [-0.25, -0.2) is 0 Å². The molecule has 6 heteroatoms. The van der Waals surface area contributed by atoms with Gasteiger partial charge in [-0.1, -0.05) is 17.7 Å². The molecular weight excluding hydrogens is 292 g/mol. The van der Waals surface area contributed by atoms with E-state index in [1.165, 1.54) is 0 Å². The van der Waals surface area contributed by atoms with Crippen molar-refractivity contribution >= 4 is 29.2 Å². The number of likely N-dealkylation sites (tertiary alicyclic amines) is 1. The molecule has 0 aromatic heterocycles. The van der Waals surface area contributed by atoms with Crippen LogP contribution in [0.25, 0.3) is 0 Å². The molecule has 1 atom stereocenters. The van der Waals surface area contributed by atoms with E-state index in [1.807, 2.05) is 19.9 Å². The Morgan fingerprint density at radius 2 is 2.14 bits per heavy atom. The van der Waals surface area contributed by atoms with Crippen molar-refractivity contribution in [3.63, 3.8) is 0 Å². The second-order valence-electron chi connectivity index (χ2n) is 5.45. The average Bonchev–Trinajstić information content (AvgIpc) is 2.82. The monoisotopic (exact) mass is 310 g/mol. The second-order valence-corrected chi connectivity index (χ2v) is 5.86. The van der Waals surface area contributed by atoms with E-state index in [2.05, 4.69) is 5.32 Å². The zero-order valence-corrected chi connectivity index (χ0v) is 12.9. The molecule has 0 bridgehead atoms. The molecule has 5 nitrogen and oxygen atoms in total. The molecular formula is C15H19ClN2O3. The predicted molar refractivity (Wildman–Crippen MR) is 81.8 cm³/mol. The minimum atomic E-state index is -0.871. The van der Waals surface area contributed by atoms with Crippen LogP contribution < -0.4 is 5.32 Å². The summed E-state index contributed by atoms with van der Waals surface area (Å²) in [5.74, 6) is -1.11. The molecule has 1 aliphatic heterocycles. The Kier molecular flexibility index (Phi) is 4.85. The van der Waals surface area contributed by atoms with Crippen molar-refractivity contribution < 1.29 is 14.7 Å². The number of amides is 1. The zero-order chi connectivity index (χ0) is 15.6. The number of carbonyl (C=O) groups excluding carboxylic acids is 1. The summed E-state index contributed by atoms with van der Waals surface area (Å²) in [6.45, 7) is 4.52. The number of aryl methyl sites for hydroxylation is 2. The SMILES string of the molecule is Cc1cc(C)c(NC(=O)CN2CCC[C@H]2C(=O)O)c(Cl)c1. The quantitative estimate of drug-likeness (QED) is 0.896. The van der Waals surface area contributed by atoms with E-state index in [-0.39, 0.29) is 12.5 Å². The number of carboxylic acids is 1. The van der Waals surface area contributed by atoms with Crippen molar-refractivity contribution in [2.75, 3.05) is 18.4 Å². The van der Waals surface area contributed by atoms with Gasteiger partial charge >= 0.3 is 5.97 Å². The molecule has 0 radical (unpaired) electrons. The fraction of sp³-hybridized carbons (Fsp3) is 0.467. The molecule has 1 aliphatic rings. The van der Waals surface area contributed by atoms with Crippen LogP contribution in [0.1, 0.15) is 24.0 Å². The van der Waals surface area contributed by atoms with Gasteiger partial charge in [-0.15, -0.1) is 0 Å². The van der Waals surface area contributed by atoms with Crippen LogP contribution in [0.4, 0.5) is 5.69 Å². The fourth-order valence-electron chi connectivity index (χ4n) is 2.73. The van der Waals surface area contributed by atoms with Crippen LogP contribution in [0.2, 0.25) is 5.02 Å². The van der Waals surface area contributed by atoms with Gasteiger partial charge in [0.15, 0.2) is 0 Å². The summed E-state index contributed by atoms with van der Waals surface area (Å²) in [5, 5.41) is 12.4. The summed E-state index contributed by atoms with van der Waals surface area (Å²) in [4.78, 5) is 24.9. The summed E-state index contributed by atoms with van der Waals surface area (Å²) in [7, 11) is 0. The maximum atomic E-state index is 12.1. The first-order valence-corrected chi connectivity index (χ1v) is 7.29. The van der Waals surface area contributed by atoms with E-state index in [0.717, 1.165) is 17.5 Å². The van der Waals surface area contributed by atoms with Crippen molar-refractivity contribution in [1.82, 2.24) is 4.90 Å². The lowest BCUT2D eigenvalue weighted by atomic mass is 10.1. The van der Waals surface area contributed by atoms with Gasteiger partial charge < -0.3 is 10.4 Å². The molecule has 2 N–H and O–H groups in total. The Hall–Kier alpha value is -1.59. The molecule has 0 aliphatic carbocycles. The van der Waals surface area contributed by atoms with Gasteiger partial charge in [0.2, 0.25) is 5.91 Å². The predicted octanol–water partition coefficient (Wildman–Crippen LogP) is 2.44. The second kappa shape index (κ2) is 6.45. The van der Waals surface area contributed by atoms with Crippen molar-refractivity contribution in [2.24, 2.45) is 0 Å². The Bertz CT molecular complexity index is 551. The largest absolute Gasteiger partial charge is 0.480 e. The maximum Gasteiger partial charge on any atom is 0.320 e. The third-order valence-corrected chi connectivity index (χ3v) is 3.99. The van der Waals surface area contributed by atoms with Crippen LogP contribution >= 0.6 is 11.6 Å². The number of aliphatic carboxylic acids is 1. The average molecular weight is 311 g/mol. The molecule has 1 aromatic rings. The van der Waals surface area contributed by atoms with Crippen LogP contribution in [-0.4, -0.2) is 41.0 Å². The van der Waals surface area contributed by atoms with E-state index < -0.39 is 12.0 Å². The highest BCUT2D eigenvalue weighted by atomic mass is 35.5. The Balaban J connectivity index is 2.04. The summed E-state index contributed by atoms with van der Waals surface area (Å²) in [6, 6.07) is 3.17. The molecule has 0 unspecified atom stereocenters. The summed E-state index contributed by atoms with van der Waals surface area (Å²) in [6.07, 6.45) is 1.39. The topological polar surface area (TPSA) is 69.6 Å². The highest BCUT2D eigenvalue weighted by Crippen LogP contribution is 2.27. The van der Waals surface area contributed by atoms with Gasteiger partial charge in [0, 0.05) is 0 Å². The number of carbonyl (C=O) groups is 2. The van der Waals surface area contributed by atoms with Crippen molar-refractivity contribution in [2.45, 2.75) is 32.7 Å². The number of hydrogen-bond acceptors (Lipinski definition) is 3. The number of rotatable bonds is 4. The summed E-state index contributed by atoms with van der Waals surface area (Å²) in [5.41, 5.74) is 2.52. The number of benzene rings is 1. The molecule has 0 spiro atoms. The molecule has 1 aromatic carbocycles. The molecule has 0 saturated carbocycles. The number of halogens is 1. The van der Waals surface area contributed by atoms with E-state index >= 15 is 0 Å². The summed E-state index contributed by atoms with van der Waals surface area (Å²) >= 11 is 6.15. The highest BCUT2D eigenvalue weighted by Gasteiger charge is 2.31. The van der Waals surface area contributed by atoms with Crippen LogP contribution in [0.5, 0.6) is 0 Å². The fourth-order valence-corrected chi connectivity index (χ4v) is 3.10. The molecule has 1 amide bonds. The minimum absolute atomic E-state index is 0.0701. The summed E-state index contributed by atoms with van der Waals surface area (Å²) < 4.78 is 0. The first kappa shape index (κ1) is 15.8. The number of nitrogens with zero attached hydrogens (tertiary/aromatic N) is 1. The lowest BCUT2D eigenvalue weighted by Crippen LogP contribution is -2.41. The molecule has 1 saturated heterocycles. The van der Waals surface area contributed by atoms with Crippen LogP contribution in [0.3, 0.4) is 0 Å². The number of anilines is 1. The molecule has 114 valence electrons.